The molecule has 5 rings (SSSR count). The fourth-order valence-electron chi connectivity index (χ4n) is 3.56. The average Bonchev–Trinajstić information content (AvgIpc) is 3.49. The molecule has 5 aromatic rings. The van der Waals surface area contributed by atoms with Crippen LogP contribution in [0.25, 0.3) is 28.0 Å². The number of thiazole rings is 1. The molecular weight excluding hydrogens is 464 g/mol. The summed E-state index contributed by atoms with van der Waals surface area (Å²) in [6, 6.07) is 25.7. The number of hydrogen-bond acceptors (Lipinski definition) is 6. The number of methoxy groups -OCH3 is 1. The number of fused-ring (bicyclic) bond motifs is 1. The maximum atomic E-state index is 13.0. The number of aromatic nitrogens is 3. The van der Waals surface area contributed by atoms with Crippen molar-refractivity contribution in [2.45, 2.75) is 17.3 Å². The third-order valence-electron chi connectivity index (χ3n) is 5.32. The van der Waals surface area contributed by atoms with Crippen molar-refractivity contribution in [1.82, 2.24) is 14.5 Å². The summed E-state index contributed by atoms with van der Waals surface area (Å²) in [5, 5.41) is 5.86. The summed E-state index contributed by atoms with van der Waals surface area (Å²) in [5.41, 5.74) is 4.69. The molecule has 1 N–H and O–H groups in total. The van der Waals surface area contributed by atoms with Gasteiger partial charge in [0.2, 0.25) is 5.91 Å². The minimum atomic E-state index is -0.377. The summed E-state index contributed by atoms with van der Waals surface area (Å²) >= 11 is 2.84. The van der Waals surface area contributed by atoms with E-state index in [1.165, 1.54) is 23.1 Å². The Morgan fingerprint density at radius 1 is 1.00 bits per heavy atom. The van der Waals surface area contributed by atoms with Gasteiger partial charge < -0.3 is 10.1 Å². The molecule has 0 bridgehead atoms. The normalized spacial score (nSPS) is 11.9. The van der Waals surface area contributed by atoms with Crippen LogP contribution in [0.4, 0.5) is 5.13 Å². The van der Waals surface area contributed by atoms with Gasteiger partial charge in [-0.05, 0) is 43.3 Å². The molecule has 0 aliphatic carbocycles. The first-order valence-corrected chi connectivity index (χ1v) is 12.5. The summed E-state index contributed by atoms with van der Waals surface area (Å²) < 4.78 is 7.37. The second-order valence-electron chi connectivity index (χ2n) is 7.57. The van der Waals surface area contributed by atoms with Gasteiger partial charge >= 0.3 is 0 Å². The lowest BCUT2D eigenvalue weighted by Crippen LogP contribution is -2.22. The van der Waals surface area contributed by atoms with Crippen LogP contribution in [0.2, 0.25) is 0 Å². The molecule has 0 saturated heterocycles. The Morgan fingerprint density at radius 2 is 1.74 bits per heavy atom. The van der Waals surface area contributed by atoms with E-state index in [0.717, 1.165) is 38.9 Å². The topological polar surface area (TPSA) is 69.0 Å². The standard InChI is InChI=1S/C26H22N4O2S2/c1-17(24(31)29-25-27-22(16-33-25)18-8-4-3-5-9-18)34-26-28-21-10-6-7-11-23(21)30(26)19-12-14-20(32-2)15-13-19/h3-17H,1-2H3,(H,27,29,31)/t17-/m1/s1. The zero-order valence-electron chi connectivity index (χ0n) is 18.6. The van der Waals surface area contributed by atoms with Gasteiger partial charge in [0, 0.05) is 16.6 Å². The van der Waals surface area contributed by atoms with Crippen molar-refractivity contribution in [2.24, 2.45) is 0 Å². The number of anilines is 1. The fourth-order valence-corrected chi connectivity index (χ4v) is 5.22. The van der Waals surface area contributed by atoms with E-state index in [2.05, 4.69) is 14.9 Å². The molecule has 0 aliphatic rings. The molecule has 0 fully saturated rings. The number of hydrogen-bond donors (Lipinski definition) is 1. The lowest BCUT2D eigenvalue weighted by Gasteiger charge is -2.13. The molecule has 6 nitrogen and oxygen atoms in total. The van der Waals surface area contributed by atoms with Gasteiger partial charge in [0.15, 0.2) is 10.3 Å². The van der Waals surface area contributed by atoms with Crippen molar-refractivity contribution in [1.29, 1.82) is 0 Å². The Labute approximate surface area is 205 Å². The first kappa shape index (κ1) is 22.2. The first-order chi connectivity index (χ1) is 16.6. The van der Waals surface area contributed by atoms with Gasteiger partial charge in [0.25, 0.3) is 0 Å². The maximum absolute atomic E-state index is 13.0. The number of thioether (sulfide) groups is 1. The zero-order chi connectivity index (χ0) is 23.5. The third kappa shape index (κ3) is 4.55. The molecule has 0 unspecified atom stereocenters. The highest BCUT2D eigenvalue weighted by molar-refractivity contribution is 8.00. The molecule has 0 saturated carbocycles. The summed E-state index contributed by atoms with van der Waals surface area (Å²) in [4.78, 5) is 22.4. The molecule has 2 aromatic heterocycles. The molecule has 2 heterocycles. The van der Waals surface area contributed by atoms with Crippen molar-refractivity contribution in [3.8, 4) is 22.7 Å². The van der Waals surface area contributed by atoms with E-state index in [1.54, 1.807) is 7.11 Å². The molecule has 170 valence electrons. The lowest BCUT2D eigenvalue weighted by atomic mass is 10.2. The Balaban J connectivity index is 1.37. The van der Waals surface area contributed by atoms with Crippen LogP contribution in [0.1, 0.15) is 6.92 Å². The zero-order valence-corrected chi connectivity index (χ0v) is 20.3. The van der Waals surface area contributed by atoms with Crippen molar-refractivity contribution in [3.05, 3.63) is 84.2 Å². The molecule has 1 amide bonds. The number of amides is 1. The number of ether oxygens (including phenoxy) is 1. The quantitative estimate of drug-likeness (QED) is 0.274. The molecule has 0 spiro atoms. The van der Waals surface area contributed by atoms with Gasteiger partial charge in [0.1, 0.15) is 5.75 Å². The Morgan fingerprint density at radius 3 is 2.50 bits per heavy atom. The third-order valence-corrected chi connectivity index (χ3v) is 7.13. The predicted octanol–water partition coefficient (Wildman–Crippen LogP) is 6.28. The van der Waals surface area contributed by atoms with Crippen molar-refractivity contribution < 1.29 is 9.53 Å². The number of imidazole rings is 1. The number of carbonyl (C=O) groups excluding carboxylic acids is 1. The highest BCUT2D eigenvalue weighted by Crippen LogP contribution is 2.32. The van der Waals surface area contributed by atoms with Gasteiger partial charge in [-0.15, -0.1) is 11.3 Å². The fraction of sp³-hybridized carbons (Fsp3) is 0.115. The molecule has 1 atom stereocenters. The van der Waals surface area contributed by atoms with E-state index in [1.807, 2.05) is 91.2 Å². The van der Waals surface area contributed by atoms with Gasteiger partial charge in [-0.1, -0.05) is 54.2 Å². The van der Waals surface area contributed by atoms with Crippen molar-refractivity contribution in [2.75, 3.05) is 12.4 Å². The van der Waals surface area contributed by atoms with E-state index in [-0.39, 0.29) is 11.2 Å². The Kier molecular flexibility index (Phi) is 6.33. The van der Waals surface area contributed by atoms with Gasteiger partial charge in [0.05, 0.1) is 29.1 Å². The number of carbonyl (C=O) groups is 1. The average molecular weight is 487 g/mol. The van der Waals surface area contributed by atoms with Gasteiger partial charge in [-0.2, -0.15) is 0 Å². The Hall–Kier alpha value is -3.62. The Bertz CT molecular complexity index is 1430. The number of nitrogens with zero attached hydrogens (tertiary/aromatic N) is 3. The van der Waals surface area contributed by atoms with Crippen LogP contribution in [0.15, 0.2) is 89.4 Å². The van der Waals surface area contributed by atoms with Crippen LogP contribution < -0.4 is 10.1 Å². The molecular formula is C26H22N4O2S2. The second kappa shape index (κ2) is 9.70. The highest BCUT2D eigenvalue weighted by Gasteiger charge is 2.21. The number of nitrogens with one attached hydrogen (secondary N) is 1. The first-order valence-electron chi connectivity index (χ1n) is 10.7. The van der Waals surface area contributed by atoms with Crippen molar-refractivity contribution in [3.63, 3.8) is 0 Å². The van der Waals surface area contributed by atoms with Gasteiger partial charge in [-0.25, -0.2) is 9.97 Å². The summed E-state index contributed by atoms with van der Waals surface area (Å²) in [6.07, 6.45) is 0. The number of benzene rings is 3. The summed E-state index contributed by atoms with van der Waals surface area (Å²) in [5.74, 6) is 0.667. The molecule has 0 aliphatic heterocycles. The number of para-hydroxylation sites is 2. The monoisotopic (exact) mass is 486 g/mol. The maximum Gasteiger partial charge on any atom is 0.239 e. The summed E-state index contributed by atoms with van der Waals surface area (Å²) in [6.45, 7) is 1.88. The van der Waals surface area contributed by atoms with E-state index < -0.39 is 0 Å². The number of rotatable bonds is 7. The predicted molar refractivity (Wildman–Crippen MR) is 139 cm³/mol. The van der Waals surface area contributed by atoms with Gasteiger partial charge in [-0.3, -0.25) is 9.36 Å². The molecule has 34 heavy (non-hydrogen) atoms. The molecule has 0 radical (unpaired) electrons. The smallest absolute Gasteiger partial charge is 0.239 e. The molecule has 8 heteroatoms. The minimum absolute atomic E-state index is 0.118. The van der Waals surface area contributed by atoms with E-state index >= 15 is 0 Å². The van der Waals surface area contributed by atoms with Crippen molar-refractivity contribution >= 4 is 45.2 Å². The van der Waals surface area contributed by atoms with Crippen LogP contribution in [0.3, 0.4) is 0 Å². The van der Waals surface area contributed by atoms with E-state index in [4.69, 9.17) is 9.72 Å². The van der Waals surface area contributed by atoms with Crippen LogP contribution >= 0.6 is 23.1 Å². The largest absolute Gasteiger partial charge is 0.497 e. The summed E-state index contributed by atoms with van der Waals surface area (Å²) in [7, 11) is 1.65. The van der Waals surface area contributed by atoms with Crippen LogP contribution in [0.5, 0.6) is 5.75 Å². The highest BCUT2D eigenvalue weighted by atomic mass is 32.2. The molecule has 3 aromatic carbocycles. The van der Waals surface area contributed by atoms with E-state index in [0.29, 0.717) is 5.13 Å². The minimum Gasteiger partial charge on any atom is -0.497 e. The lowest BCUT2D eigenvalue weighted by molar-refractivity contribution is -0.115. The van der Waals surface area contributed by atoms with Crippen LogP contribution in [-0.4, -0.2) is 32.8 Å². The SMILES string of the molecule is COc1ccc(-n2c(S[C@H](C)C(=O)Nc3nc(-c4ccccc4)cs3)nc3ccccc32)cc1. The van der Waals surface area contributed by atoms with Crippen LogP contribution in [-0.2, 0) is 4.79 Å². The van der Waals surface area contributed by atoms with E-state index in [9.17, 15) is 4.79 Å². The second-order valence-corrected chi connectivity index (χ2v) is 9.74. The van der Waals surface area contributed by atoms with Crippen LogP contribution in [0, 0.1) is 0 Å².